The number of rotatable bonds is 6. The number of ether oxygens (including phenoxy) is 1. The van der Waals surface area contributed by atoms with Crippen molar-refractivity contribution in [3.63, 3.8) is 0 Å². The minimum Gasteiger partial charge on any atom is -0.466 e. The van der Waals surface area contributed by atoms with E-state index in [1.807, 2.05) is 30.3 Å². The van der Waals surface area contributed by atoms with Crippen LogP contribution in [0.1, 0.15) is 25.3 Å². The summed E-state index contributed by atoms with van der Waals surface area (Å²) in [6.07, 6.45) is 0.835. The van der Waals surface area contributed by atoms with Crippen molar-refractivity contribution in [1.82, 2.24) is 0 Å². The lowest BCUT2D eigenvalue weighted by Gasteiger charge is -2.09. The van der Waals surface area contributed by atoms with Crippen LogP contribution in [0, 0.1) is 0 Å². The molecule has 3 nitrogen and oxygen atoms in total. The van der Waals surface area contributed by atoms with E-state index in [2.05, 4.69) is 0 Å². The van der Waals surface area contributed by atoms with Gasteiger partial charge in [0.1, 0.15) is 0 Å². The minimum absolute atomic E-state index is 0.241. The Morgan fingerprint density at radius 1 is 1.38 bits per heavy atom. The Kier molecular flexibility index (Phi) is 5.57. The van der Waals surface area contributed by atoms with Crippen molar-refractivity contribution in [2.75, 3.05) is 6.61 Å². The fourth-order valence-electron chi connectivity index (χ4n) is 1.51. The Balaban J connectivity index is 2.26. The lowest BCUT2D eigenvalue weighted by atomic mass is 10.0. The zero-order valence-corrected chi connectivity index (χ0v) is 9.56. The van der Waals surface area contributed by atoms with Crippen LogP contribution in [0.25, 0.3) is 0 Å². The van der Waals surface area contributed by atoms with Gasteiger partial charge in [-0.2, -0.15) is 0 Å². The zero-order chi connectivity index (χ0) is 11.8. The molecule has 0 amide bonds. The zero-order valence-electron chi connectivity index (χ0n) is 9.56. The van der Waals surface area contributed by atoms with E-state index in [0.29, 0.717) is 19.4 Å². The van der Waals surface area contributed by atoms with E-state index in [1.54, 1.807) is 6.92 Å². The molecule has 0 saturated carbocycles. The van der Waals surface area contributed by atoms with Gasteiger partial charge in [0.2, 0.25) is 0 Å². The molecule has 0 aromatic heterocycles. The molecule has 1 N–H and O–H groups in total. The van der Waals surface area contributed by atoms with Crippen LogP contribution in [0.15, 0.2) is 30.3 Å². The van der Waals surface area contributed by atoms with E-state index in [4.69, 9.17) is 4.74 Å². The summed E-state index contributed by atoms with van der Waals surface area (Å²) in [4.78, 5) is 11.1. The third-order valence-corrected chi connectivity index (χ3v) is 2.30. The summed E-state index contributed by atoms with van der Waals surface area (Å²) < 4.78 is 4.79. The van der Waals surface area contributed by atoms with Gasteiger partial charge in [-0.25, -0.2) is 0 Å². The molecule has 3 heteroatoms. The Hall–Kier alpha value is -1.35. The lowest BCUT2D eigenvalue weighted by Crippen LogP contribution is -2.14. The van der Waals surface area contributed by atoms with E-state index < -0.39 is 6.10 Å². The third kappa shape index (κ3) is 4.94. The average Bonchev–Trinajstić information content (AvgIpc) is 2.28. The maximum atomic E-state index is 11.1. The van der Waals surface area contributed by atoms with Crippen LogP contribution >= 0.6 is 0 Å². The van der Waals surface area contributed by atoms with Gasteiger partial charge >= 0.3 is 5.97 Å². The molecule has 0 spiro atoms. The van der Waals surface area contributed by atoms with E-state index in [0.717, 1.165) is 5.56 Å². The SMILES string of the molecule is CCOC(=O)CCC(O)Cc1ccccc1. The monoisotopic (exact) mass is 222 g/mol. The smallest absolute Gasteiger partial charge is 0.305 e. The van der Waals surface area contributed by atoms with E-state index in [1.165, 1.54) is 0 Å². The summed E-state index contributed by atoms with van der Waals surface area (Å²) in [5, 5.41) is 9.71. The van der Waals surface area contributed by atoms with Gasteiger partial charge in [0, 0.05) is 6.42 Å². The number of hydrogen-bond donors (Lipinski definition) is 1. The van der Waals surface area contributed by atoms with Crippen LogP contribution in [0.4, 0.5) is 0 Å². The predicted molar refractivity (Wildman–Crippen MR) is 62.0 cm³/mol. The van der Waals surface area contributed by atoms with Crippen LogP contribution in [0.5, 0.6) is 0 Å². The lowest BCUT2D eigenvalue weighted by molar-refractivity contribution is -0.143. The number of carbonyl (C=O) groups excluding carboxylic acids is 1. The second kappa shape index (κ2) is 7.01. The van der Waals surface area contributed by atoms with Gasteiger partial charge in [-0.15, -0.1) is 0 Å². The summed E-state index contributed by atoms with van der Waals surface area (Å²) in [6.45, 7) is 2.17. The van der Waals surface area contributed by atoms with Crippen molar-refractivity contribution in [2.45, 2.75) is 32.3 Å². The molecule has 0 aliphatic heterocycles. The molecule has 1 atom stereocenters. The average molecular weight is 222 g/mol. The van der Waals surface area contributed by atoms with Crippen LogP contribution in [0.3, 0.4) is 0 Å². The molecule has 88 valence electrons. The van der Waals surface area contributed by atoms with Crippen molar-refractivity contribution in [3.05, 3.63) is 35.9 Å². The standard InChI is InChI=1S/C13H18O3/c1-2-16-13(15)9-8-12(14)10-11-6-4-3-5-7-11/h3-7,12,14H,2,8-10H2,1H3. The fourth-order valence-corrected chi connectivity index (χ4v) is 1.51. The molecule has 0 aliphatic rings. The van der Waals surface area contributed by atoms with Gasteiger partial charge in [-0.3, -0.25) is 4.79 Å². The van der Waals surface area contributed by atoms with Crippen molar-refractivity contribution in [2.24, 2.45) is 0 Å². The van der Waals surface area contributed by atoms with E-state index in [-0.39, 0.29) is 12.4 Å². The van der Waals surface area contributed by atoms with Crippen molar-refractivity contribution < 1.29 is 14.6 Å². The third-order valence-electron chi connectivity index (χ3n) is 2.30. The van der Waals surface area contributed by atoms with Gasteiger partial charge in [0.15, 0.2) is 0 Å². The summed E-state index contributed by atoms with van der Waals surface area (Å²) >= 11 is 0. The van der Waals surface area contributed by atoms with Crippen LogP contribution in [0.2, 0.25) is 0 Å². The first-order chi connectivity index (χ1) is 7.72. The molecular formula is C13H18O3. The number of hydrogen-bond acceptors (Lipinski definition) is 3. The minimum atomic E-state index is -0.480. The number of carbonyl (C=O) groups is 1. The normalized spacial score (nSPS) is 12.1. The first kappa shape index (κ1) is 12.7. The van der Waals surface area contributed by atoms with Crippen LogP contribution in [-0.4, -0.2) is 23.8 Å². The molecule has 1 aromatic rings. The Bertz CT molecular complexity index is 308. The maximum absolute atomic E-state index is 11.1. The summed E-state index contributed by atoms with van der Waals surface area (Å²) in [5.41, 5.74) is 1.08. The Morgan fingerprint density at radius 2 is 2.06 bits per heavy atom. The first-order valence-corrected chi connectivity index (χ1v) is 5.60. The highest BCUT2D eigenvalue weighted by Crippen LogP contribution is 2.07. The molecule has 0 heterocycles. The number of aliphatic hydroxyl groups is 1. The molecule has 1 unspecified atom stereocenters. The molecule has 1 rings (SSSR count). The number of esters is 1. The van der Waals surface area contributed by atoms with Gasteiger partial charge < -0.3 is 9.84 Å². The molecule has 0 radical (unpaired) electrons. The fraction of sp³-hybridized carbons (Fsp3) is 0.462. The Labute approximate surface area is 96.1 Å². The second-order valence-corrected chi connectivity index (χ2v) is 3.69. The second-order valence-electron chi connectivity index (χ2n) is 3.69. The van der Waals surface area contributed by atoms with Gasteiger partial charge in [-0.1, -0.05) is 30.3 Å². The summed E-state index contributed by atoms with van der Waals surface area (Å²) in [6, 6.07) is 9.75. The maximum Gasteiger partial charge on any atom is 0.305 e. The summed E-state index contributed by atoms with van der Waals surface area (Å²) in [5.74, 6) is -0.241. The van der Waals surface area contributed by atoms with E-state index >= 15 is 0 Å². The molecular weight excluding hydrogens is 204 g/mol. The highest BCUT2D eigenvalue weighted by atomic mass is 16.5. The van der Waals surface area contributed by atoms with Crippen LogP contribution in [-0.2, 0) is 16.0 Å². The van der Waals surface area contributed by atoms with Gasteiger partial charge in [0.05, 0.1) is 12.7 Å². The van der Waals surface area contributed by atoms with Crippen molar-refractivity contribution in [3.8, 4) is 0 Å². The molecule has 0 aliphatic carbocycles. The molecule has 16 heavy (non-hydrogen) atoms. The highest BCUT2D eigenvalue weighted by Gasteiger charge is 2.09. The predicted octanol–water partition coefficient (Wildman–Crippen LogP) is 1.93. The topological polar surface area (TPSA) is 46.5 Å². The first-order valence-electron chi connectivity index (χ1n) is 5.60. The van der Waals surface area contributed by atoms with Gasteiger partial charge in [0.25, 0.3) is 0 Å². The number of aliphatic hydroxyl groups excluding tert-OH is 1. The van der Waals surface area contributed by atoms with Crippen molar-refractivity contribution in [1.29, 1.82) is 0 Å². The van der Waals surface area contributed by atoms with Gasteiger partial charge in [-0.05, 0) is 25.3 Å². The van der Waals surface area contributed by atoms with Crippen LogP contribution < -0.4 is 0 Å². The molecule has 0 bridgehead atoms. The quantitative estimate of drug-likeness (QED) is 0.748. The molecule has 1 aromatic carbocycles. The summed E-state index contributed by atoms with van der Waals surface area (Å²) in [7, 11) is 0. The molecule has 0 saturated heterocycles. The largest absolute Gasteiger partial charge is 0.466 e. The van der Waals surface area contributed by atoms with E-state index in [9.17, 15) is 9.90 Å². The number of benzene rings is 1. The highest BCUT2D eigenvalue weighted by molar-refractivity contribution is 5.69. The molecule has 0 fully saturated rings. The van der Waals surface area contributed by atoms with Crippen molar-refractivity contribution >= 4 is 5.97 Å². The Morgan fingerprint density at radius 3 is 2.69 bits per heavy atom.